The van der Waals surface area contributed by atoms with Crippen LogP contribution in [0.4, 0.5) is 10.5 Å². The molecule has 31 heavy (non-hydrogen) atoms. The minimum absolute atomic E-state index is 0.219. The van der Waals surface area contributed by atoms with E-state index in [2.05, 4.69) is 21.2 Å². The Labute approximate surface area is 186 Å². The number of anilines is 1. The number of aryl methyl sites for hydroxylation is 1. The van der Waals surface area contributed by atoms with Gasteiger partial charge in [-0.3, -0.25) is 14.9 Å². The van der Waals surface area contributed by atoms with Crippen LogP contribution in [0, 0.1) is 6.92 Å². The Bertz CT molecular complexity index is 1080. The van der Waals surface area contributed by atoms with Crippen molar-refractivity contribution in [2.75, 3.05) is 18.1 Å². The summed E-state index contributed by atoms with van der Waals surface area (Å²) in [6, 6.07) is 10.8. The lowest BCUT2D eigenvalue weighted by molar-refractivity contribution is -0.145. The zero-order chi connectivity index (χ0) is 22.5. The lowest BCUT2D eigenvalue weighted by atomic mass is 10.1. The molecule has 0 aromatic heterocycles. The number of ether oxygens (including phenoxy) is 2. The average molecular weight is 487 g/mol. The van der Waals surface area contributed by atoms with E-state index < -0.39 is 23.8 Å². The maximum Gasteiger partial charge on any atom is 0.344 e. The lowest BCUT2D eigenvalue weighted by Crippen LogP contribution is -2.54. The fourth-order valence-corrected chi connectivity index (χ4v) is 3.22. The van der Waals surface area contributed by atoms with Crippen LogP contribution in [0.25, 0.3) is 6.08 Å². The third-order valence-electron chi connectivity index (χ3n) is 4.32. The van der Waals surface area contributed by atoms with E-state index >= 15 is 0 Å². The minimum Gasteiger partial charge on any atom is -0.481 e. The molecule has 4 amide bonds. The van der Waals surface area contributed by atoms with Gasteiger partial charge in [-0.2, -0.15) is 0 Å². The molecule has 0 bridgehead atoms. The second-order valence-electron chi connectivity index (χ2n) is 6.57. The first-order chi connectivity index (χ1) is 14.8. The quantitative estimate of drug-likeness (QED) is 0.381. The molecule has 160 valence electrons. The number of carbonyl (C=O) groups excluding carboxylic acids is 4. The second kappa shape index (κ2) is 9.57. The standard InChI is InChI=1S/C22H19BrN2O6/c1-3-30-19(26)12-31-18-9-6-15(23)10-14(18)11-17-20(27)24-22(29)25(21(17)28)16-7-4-13(2)5-8-16/h4-11H,3,12H2,1-2H3,(H,24,27,29). The molecule has 1 saturated heterocycles. The Morgan fingerprint density at radius 3 is 2.52 bits per heavy atom. The Kier molecular flexibility index (Phi) is 6.86. The Hall–Kier alpha value is -3.46. The van der Waals surface area contributed by atoms with Crippen LogP contribution >= 0.6 is 15.9 Å². The van der Waals surface area contributed by atoms with Gasteiger partial charge in [0.15, 0.2) is 6.61 Å². The molecule has 8 nitrogen and oxygen atoms in total. The molecule has 2 aromatic rings. The number of urea groups is 1. The monoisotopic (exact) mass is 486 g/mol. The van der Waals surface area contributed by atoms with Gasteiger partial charge in [0.2, 0.25) is 0 Å². The summed E-state index contributed by atoms with van der Waals surface area (Å²) in [5, 5.41) is 2.18. The number of esters is 1. The van der Waals surface area contributed by atoms with E-state index in [1.54, 1.807) is 49.4 Å². The van der Waals surface area contributed by atoms with Crippen molar-refractivity contribution in [2.24, 2.45) is 0 Å². The van der Waals surface area contributed by atoms with Gasteiger partial charge in [-0.15, -0.1) is 0 Å². The molecule has 3 rings (SSSR count). The summed E-state index contributed by atoms with van der Waals surface area (Å²) in [7, 11) is 0. The van der Waals surface area contributed by atoms with E-state index in [1.165, 1.54) is 6.08 Å². The van der Waals surface area contributed by atoms with E-state index in [4.69, 9.17) is 9.47 Å². The number of amides is 4. The Morgan fingerprint density at radius 1 is 1.13 bits per heavy atom. The predicted molar refractivity (Wildman–Crippen MR) is 116 cm³/mol. The normalized spacial score (nSPS) is 15.1. The van der Waals surface area contributed by atoms with Crippen molar-refractivity contribution in [2.45, 2.75) is 13.8 Å². The van der Waals surface area contributed by atoms with Crippen molar-refractivity contribution in [1.29, 1.82) is 0 Å². The highest BCUT2D eigenvalue weighted by molar-refractivity contribution is 9.10. The van der Waals surface area contributed by atoms with Gasteiger partial charge in [-0.05, 0) is 50.3 Å². The number of nitrogens with one attached hydrogen (secondary N) is 1. The zero-order valence-electron chi connectivity index (χ0n) is 16.8. The van der Waals surface area contributed by atoms with E-state index in [1.807, 2.05) is 6.92 Å². The number of barbiturate groups is 1. The molecule has 0 saturated carbocycles. The maximum absolute atomic E-state index is 13.0. The first-order valence-electron chi connectivity index (χ1n) is 9.36. The van der Waals surface area contributed by atoms with Crippen molar-refractivity contribution in [3.8, 4) is 5.75 Å². The van der Waals surface area contributed by atoms with Crippen molar-refractivity contribution in [3.63, 3.8) is 0 Å². The van der Waals surface area contributed by atoms with Crippen LogP contribution < -0.4 is 15.0 Å². The van der Waals surface area contributed by atoms with E-state index in [-0.39, 0.29) is 24.5 Å². The Balaban J connectivity index is 1.95. The molecule has 0 atom stereocenters. The molecular formula is C22H19BrN2O6. The summed E-state index contributed by atoms with van der Waals surface area (Å²) >= 11 is 3.33. The zero-order valence-corrected chi connectivity index (χ0v) is 18.4. The van der Waals surface area contributed by atoms with Gasteiger partial charge < -0.3 is 9.47 Å². The van der Waals surface area contributed by atoms with Crippen LogP contribution in [-0.4, -0.2) is 37.0 Å². The molecule has 1 fully saturated rings. The molecule has 1 heterocycles. The third-order valence-corrected chi connectivity index (χ3v) is 4.81. The predicted octanol–water partition coefficient (Wildman–Crippen LogP) is 3.37. The van der Waals surface area contributed by atoms with Crippen LogP contribution in [0.5, 0.6) is 5.75 Å². The van der Waals surface area contributed by atoms with Gasteiger partial charge in [-0.25, -0.2) is 14.5 Å². The average Bonchev–Trinajstić information content (AvgIpc) is 2.72. The topological polar surface area (TPSA) is 102 Å². The van der Waals surface area contributed by atoms with Gasteiger partial charge in [-0.1, -0.05) is 33.6 Å². The molecular weight excluding hydrogens is 468 g/mol. The van der Waals surface area contributed by atoms with Crippen molar-refractivity contribution < 1.29 is 28.7 Å². The van der Waals surface area contributed by atoms with Crippen LogP contribution in [0.1, 0.15) is 18.1 Å². The Morgan fingerprint density at radius 2 is 1.84 bits per heavy atom. The number of rotatable bonds is 6. The molecule has 0 spiro atoms. The molecule has 1 aliphatic heterocycles. The van der Waals surface area contributed by atoms with Crippen molar-refractivity contribution in [1.82, 2.24) is 5.32 Å². The van der Waals surface area contributed by atoms with Gasteiger partial charge >= 0.3 is 12.0 Å². The number of hydrogen-bond donors (Lipinski definition) is 1. The fourth-order valence-electron chi connectivity index (χ4n) is 2.84. The van der Waals surface area contributed by atoms with Crippen LogP contribution in [0.15, 0.2) is 52.5 Å². The summed E-state index contributed by atoms with van der Waals surface area (Å²) in [5.74, 6) is -1.88. The highest BCUT2D eigenvalue weighted by Gasteiger charge is 2.37. The van der Waals surface area contributed by atoms with Gasteiger partial charge in [0.05, 0.1) is 12.3 Å². The lowest BCUT2D eigenvalue weighted by Gasteiger charge is -2.26. The summed E-state index contributed by atoms with van der Waals surface area (Å²) in [4.78, 5) is 50.3. The summed E-state index contributed by atoms with van der Waals surface area (Å²) in [6.45, 7) is 3.44. The van der Waals surface area contributed by atoms with Gasteiger partial charge in [0, 0.05) is 10.0 Å². The molecule has 1 N–H and O–H groups in total. The molecule has 1 aliphatic rings. The van der Waals surface area contributed by atoms with Crippen LogP contribution in [0.3, 0.4) is 0 Å². The highest BCUT2D eigenvalue weighted by Crippen LogP contribution is 2.28. The first kappa shape index (κ1) is 22.2. The molecule has 0 unspecified atom stereocenters. The molecule has 2 aromatic carbocycles. The summed E-state index contributed by atoms with van der Waals surface area (Å²) in [5.41, 5.74) is 1.41. The van der Waals surface area contributed by atoms with Crippen molar-refractivity contribution >= 4 is 51.5 Å². The molecule has 0 radical (unpaired) electrons. The maximum atomic E-state index is 13.0. The number of benzene rings is 2. The second-order valence-corrected chi connectivity index (χ2v) is 7.48. The van der Waals surface area contributed by atoms with E-state index in [0.29, 0.717) is 15.7 Å². The highest BCUT2D eigenvalue weighted by atomic mass is 79.9. The van der Waals surface area contributed by atoms with Gasteiger partial charge in [0.1, 0.15) is 11.3 Å². The first-order valence-corrected chi connectivity index (χ1v) is 10.2. The van der Waals surface area contributed by atoms with Crippen LogP contribution in [0.2, 0.25) is 0 Å². The largest absolute Gasteiger partial charge is 0.481 e. The van der Waals surface area contributed by atoms with E-state index in [0.717, 1.165) is 10.5 Å². The summed E-state index contributed by atoms with van der Waals surface area (Å²) in [6.07, 6.45) is 1.32. The minimum atomic E-state index is -0.830. The number of halogens is 1. The number of hydrogen-bond acceptors (Lipinski definition) is 6. The molecule has 9 heteroatoms. The fraction of sp³-hybridized carbons (Fsp3) is 0.182. The number of carbonyl (C=O) groups is 4. The van der Waals surface area contributed by atoms with Crippen molar-refractivity contribution in [3.05, 3.63) is 63.6 Å². The smallest absolute Gasteiger partial charge is 0.344 e. The van der Waals surface area contributed by atoms with E-state index in [9.17, 15) is 19.2 Å². The summed E-state index contributed by atoms with van der Waals surface area (Å²) < 4.78 is 11.0. The SMILES string of the molecule is CCOC(=O)COc1ccc(Br)cc1C=C1C(=O)NC(=O)N(c2ccc(C)cc2)C1=O. The third kappa shape index (κ3) is 5.18. The van der Waals surface area contributed by atoms with Crippen LogP contribution in [-0.2, 0) is 19.1 Å². The number of imide groups is 2. The number of nitrogens with zero attached hydrogens (tertiary/aromatic N) is 1. The molecule has 0 aliphatic carbocycles. The van der Waals surface area contributed by atoms with Gasteiger partial charge in [0.25, 0.3) is 11.8 Å².